The molecule has 0 spiro atoms. The summed E-state index contributed by atoms with van der Waals surface area (Å²) in [6.45, 7) is 1.28. The largest absolute Gasteiger partial charge is 0.490 e. The normalized spacial score (nSPS) is 13.5. The minimum atomic E-state index is 0.0938. The van der Waals surface area contributed by atoms with Gasteiger partial charge in [0.2, 0.25) is 0 Å². The Morgan fingerprint density at radius 3 is 2.76 bits per heavy atom. The van der Waals surface area contributed by atoms with E-state index >= 15 is 0 Å². The maximum atomic E-state index is 12.3. The average molecular weight is 283 g/mol. The summed E-state index contributed by atoms with van der Waals surface area (Å²) < 4.78 is 11.2. The van der Waals surface area contributed by atoms with Crippen molar-refractivity contribution in [3.8, 4) is 11.5 Å². The standard InChI is InChI=1S/C17H17NO3/c19-15(7-6-14-4-1-2-9-18-14)13-5-8-16-17(12-13)21-11-3-10-20-16/h1-2,4-5,8-9,12H,3,6-7,10-11H2. The highest BCUT2D eigenvalue weighted by molar-refractivity contribution is 5.96. The molecule has 0 N–H and O–H groups in total. The lowest BCUT2D eigenvalue weighted by molar-refractivity contribution is 0.0982. The number of rotatable bonds is 4. The predicted molar refractivity (Wildman–Crippen MR) is 78.9 cm³/mol. The fourth-order valence-corrected chi connectivity index (χ4v) is 2.27. The molecule has 0 saturated heterocycles. The van der Waals surface area contributed by atoms with Gasteiger partial charge in [-0.25, -0.2) is 0 Å². The Morgan fingerprint density at radius 2 is 1.95 bits per heavy atom. The number of hydrogen-bond acceptors (Lipinski definition) is 4. The van der Waals surface area contributed by atoms with E-state index in [1.165, 1.54) is 0 Å². The van der Waals surface area contributed by atoms with Gasteiger partial charge in [-0.3, -0.25) is 9.78 Å². The molecule has 4 heteroatoms. The van der Waals surface area contributed by atoms with E-state index in [1.807, 2.05) is 24.3 Å². The van der Waals surface area contributed by atoms with E-state index in [-0.39, 0.29) is 5.78 Å². The van der Waals surface area contributed by atoms with Crippen molar-refractivity contribution in [3.05, 3.63) is 53.9 Å². The number of hydrogen-bond donors (Lipinski definition) is 0. The number of ether oxygens (including phenoxy) is 2. The van der Waals surface area contributed by atoms with Gasteiger partial charge in [0.25, 0.3) is 0 Å². The van der Waals surface area contributed by atoms with Gasteiger partial charge in [-0.2, -0.15) is 0 Å². The highest BCUT2D eigenvalue weighted by Crippen LogP contribution is 2.30. The van der Waals surface area contributed by atoms with E-state index < -0.39 is 0 Å². The van der Waals surface area contributed by atoms with Gasteiger partial charge in [-0.15, -0.1) is 0 Å². The summed E-state index contributed by atoms with van der Waals surface area (Å²) >= 11 is 0. The molecule has 0 bridgehead atoms. The first-order valence-electron chi connectivity index (χ1n) is 7.16. The van der Waals surface area contributed by atoms with E-state index in [1.54, 1.807) is 18.3 Å². The summed E-state index contributed by atoms with van der Waals surface area (Å²) in [4.78, 5) is 16.5. The summed E-state index contributed by atoms with van der Waals surface area (Å²) in [7, 11) is 0. The second-order valence-electron chi connectivity index (χ2n) is 4.96. The van der Waals surface area contributed by atoms with Crippen LogP contribution in [0.4, 0.5) is 0 Å². The molecule has 0 amide bonds. The molecular weight excluding hydrogens is 266 g/mol. The van der Waals surface area contributed by atoms with E-state index in [4.69, 9.17) is 9.47 Å². The Morgan fingerprint density at radius 1 is 1.10 bits per heavy atom. The van der Waals surface area contributed by atoms with Crippen molar-refractivity contribution in [3.63, 3.8) is 0 Å². The molecule has 3 rings (SSSR count). The SMILES string of the molecule is O=C(CCc1ccccn1)c1ccc2c(c1)OCCCO2. The molecule has 1 aliphatic rings. The second-order valence-corrected chi connectivity index (χ2v) is 4.96. The van der Waals surface area contributed by atoms with Crippen LogP contribution in [0.1, 0.15) is 28.9 Å². The third-order valence-electron chi connectivity index (χ3n) is 3.40. The summed E-state index contributed by atoms with van der Waals surface area (Å²) in [5, 5.41) is 0. The van der Waals surface area contributed by atoms with E-state index in [2.05, 4.69) is 4.98 Å². The number of aryl methyl sites for hydroxylation is 1. The van der Waals surface area contributed by atoms with Crippen LogP contribution in [-0.4, -0.2) is 24.0 Å². The fourth-order valence-electron chi connectivity index (χ4n) is 2.27. The molecule has 0 unspecified atom stereocenters. The summed E-state index contributed by atoms with van der Waals surface area (Å²) in [6, 6.07) is 11.1. The number of fused-ring (bicyclic) bond motifs is 1. The number of pyridine rings is 1. The zero-order chi connectivity index (χ0) is 14.5. The van der Waals surface area contributed by atoms with Gasteiger partial charge < -0.3 is 9.47 Å². The maximum absolute atomic E-state index is 12.3. The first-order valence-corrected chi connectivity index (χ1v) is 7.16. The molecule has 0 fully saturated rings. The van der Waals surface area contributed by atoms with Crippen molar-refractivity contribution >= 4 is 5.78 Å². The minimum absolute atomic E-state index is 0.0938. The Bertz CT molecular complexity index is 625. The van der Waals surface area contributed by atoms with Gasteiger partial charge in [0.05, 0.1) is 13.2 Å². The first kappa shape index (κ1) is 13.6. The number of ketones is 1. The van der Waals surface area contributed by atoms with Crippen molar-refractivity contribution in [1.29, 1.82) is 0 Å². The molecule has 0 atom stereocenters. The van der Waals surface area contributed by atoms with Crippen LogP contribution in [0.5, 0.6) is 11.5 Å². The number of carbonyl (C=O) groups is 1. The Kier molecular flexibility index (Phi) is 4.15. The Labute approximate surface area is 123 Å². The van der Waals surface area contributed by atoms with E-state index in [0.717, 1.165) is 12.1 Å². The number of carbonyl (C=O) groups excluding carboxylic acids is 1. The molecular formula is C17H17NO3. The summed E-state index contributed by atoms with van der Waals surface area (Å²) in [5.41, 5.74) is 1.59. The van der Waals surface area contributed by atoms with Crippen molar-refractivity contribution in [2.75, 3.05) is 13.2 Å². The Balaban J connectivity index is 1.68. The van der Waals surface area contributed by atoms with Crippen LogP contribution in [0.15, 0.2) is 42.6 Å². The molecule has 0 radical (unpaired) electrons. The zero-order valence-corrected chi connectivity index (χ0v) is 11.7. The van der Waals surface area contributed by atoms with Crippen LogP contribution in [0.3, 0.4) is 0 Å². The molecule has 2 aromatic rings. The van der Waals surface area contributed by atoms with Gasteiger partial charge in [-0.1, -0.05) is 6.07 Å². The van der Waals surface area contributed by atoms with Crippen LogP contribution in [-0.2, 0) is 6.42 Å². The van der Waals surface area contributed by atoms with Crippen LogP contribution in [0, 0.1) is 0 Å². The van der Waals surface area contributed by atoms with E-state index in [0.29, 0.717) is 43.1 Å². The topological polar surface area (TPSA) is 48.4 Å². The van der Waals surface area contributed by atoms with Crippen molar-refractivity contribution < 1.29 is 14.3 Å². The molecule has 1 aromatic heterocycles. The van der Waals surface area contributed by atoms with Crippen molar-refractivity contribution in [2.45, 2.75) is 19.3 Å². The lowest BCUT2D eigenvalue weighted by atomic mass is 10.0. The maximum Gasteiger partial charge on any atom is 0.163 e. The van der Waals surface area contributed by atoms with Gasteiger partial charge in [-0.05, 0) is 36.8 Å². The van der Waals surface area contributed by atoms with Gasteiger partial charge in [0, 0.05) is 30.3 Å². The fraction of sp³-hybridized carbons (Fsp3) is 0.294. The first-order chi connectivity index (χ1) is 10.3. The quantitative estimate of drug-likeness (QED) is 0.809. The molecule has 1 aromatic carbocycles. The number of aromatic nitrogens is 1. The molecule has 4 nitrogen and oxygen atoms in total. The third kappa shape index (κ3) is 3.40. The van der Waals surface area contributed by atoms with Gasteiger partial charge in [0.1, 0.15) is 0 Å². The average Bonchev–Trinajstić information content (AvgIpc) is 2.78. The lowest BCUT2D eigenvalue weighted by Gasteiger charge is -2.08. The summed E-state index contributed by atoms with van der Waals surface area (Å²) in [6.07, 6.45) is 3.69. The van der Waals surface area contributed by atoms with Crippen molar-refractivity contribution in [2.24, 2.45) is 0 Å². The lowest BCUT2D eigenvalue weighted by Crippen LogP contribution is -2.03. The number of Topliss-reactive ketones (excluding diaryl/α,β-unsaturated/α-hetero) is 1. The summed E-state index contributed by atoms with van der Waals surface area (Å²) in [5.74, 6) is 1.47. The third-order valence-corrected chi connectivity index (χ3v) is 3.40. The monoisotopic (exact) mass is 283 g/mol. The molecule has 0 saturated carbocycles. The molecule has 2 heterocycles. The molecule has 0 aliphatic carbocycles. The predicted octanol–water partition coefficient (Wildman–Crippen LogP) is 3.06. The molecule has 108 valence electrons. The van der Waals surface area contributed by atoms with Crippen molar-refractivity contribution in [1.82, 2.24) is 4.98 Å². The van der Waals surface area contributed by atoms with Crippen LogP contribution in [0.2, 0.25) is 0 Å². The van der Waals surface area contributed by atoms with E-state index in [9.17, 15) is 4.79 Å². The molecule has 1 aliphatic heterocycles. The highest BCUT2D eigenvalue weighted by atomic mass is 16.5. The van der Waals surface area contributed by atoms with Gasteiger partial charge in [0.15, 0.2) is 17.3 Å². The Hall–Kier alpha value is -2.36. The van der Waals surface area contributed by atoms with Crippen LogP contribution >= 0.6 is 0 Å². The molecule has 21 heavy (non-hydrogen) atoms. The van der Waals surface area contributed by atoms with Crippen LogP contribution < -0.4 is 9.47 Å². The smallest absolute Gasteiger partial charge is 0.163 e. The number of nitrogens with zero attached hydrogens (tertiary/aromatic N) is 1. The number of benzene rings is 1. The van der Waals surface area contributed by atoms with Crippen LogP contribution in [0.25, 0.3) is 0 Å². The zero-order valence-electron chi connectivity index (χ0n) is 11.7. The second kappa shape index (κ2) is 6.39. The highest BCUT2D eigenvalue weighted by Gasteiger charge is 2.14. The minimum Gasteiger partial charge on any atom is -0.490 e. The van der Waals surface area contributed by atoms with Gasteiger partial charge >= 0.3 is 0 Å².